The molecule has 2 heterocycles. The van der Waals surface area contributed by atoms with Crippen molar-refractivity contribution in [2.45, 2.75) is 57.7 Å². The van der Waals surface area contributed by atoms with Crippen LogP contribution in [0.4, 0.5) is 4.79 Å². The summed E-state index contributed by atoms with van der Waals surface area (Å²) >= 11 is 0. The van der Waals surface area contributed by atoms with Crippen LogP contribution in [0.15, 0.2) is 97.6 Å². The van der Waals surface area contributed by atoms with E-state index in [0.717, 1.165) is 68.8 Å². The summed E-state index contributed by atoms with van der Waals surface area (Å²) in [5.41, 5.74) is 4.66. The van der Waals surface area contributed by atoms with Crippen molar-refractivity contribution in [3.05, 3.63) is 115 Å². The SMILES string of the molecule is C=CCN(C(=O)OCc1ccccc1)C1CCN(CCC(Cn2c(CC)nc3ccccc32)c2ccccc2)CC1. The third kappa shape index (κ3) is 7.25. The van der Waals surface area contributed by atoms with Gasteiger partial charge in [0.1, 0.15) is 12.4 Å². The minimum atomic E-state index is -0.254. The summed E-state index contributed by atoms with van der Waals surface area (Å²) < 4.78 is 8.09. The van der Waals surface area contributed by atoms with Crippen LogP contribution < -0.4 is 0 Å². The first-order valence-electron chi connectivity index (χ1n) is 15.0. The second-order valence-electron chi connectivity index (χ2n) is 10.9. The first kappa shape index (κ1) is 28.6. The first-order chi connectivity index (χ1) is 20.2. The van der Waals surface area contributed by atoms with E-state index < -0.39 is 0 Å². The van der Waals surface area contributed by atoms with E-state index in [9.17, 15) is 4.79 Å². The molecule has 1 fully saturated rings. The summed E-state index contributed by atoms with van der Waals surface area (Å²) in [6, 6.07) is 29.4. The fourth-order valence-electron chi connectivity index (χ4n) is 6.01. The molecule has 6 nitrogen and oxygen atoms in total. The fraction of sp³-hybridized carbons (Fsp3) is 0.371. The molecule has 4 aromatic rings. The zero-order chi connectivity index (χ0) is 28.4. The molecule has 1 aliphatic rings. The van der Waals surface area contributed by atoms with Crippen LogP contribution >= 0.6 is 0 Å². The number of carbonyl (C=O) groups excluding carboxylic acids is 1. The van der Waals surface area contributed by atoms with Crippen LogP contribution in [0.1, 0.15) is 49.1 Å². The second kappa shape index (κ2) is 14.1. The molecule has 1 amide bonds. The zero-order valence-electron chi connectivity index (χ0n) is 24.2. The van der Waals surface area contributed by atoms with Crippen LogP contribution in [-0.4, -0.2) is 57.7 Å². The van der Waals surface area contributed by atoms with E-state index in [2.05, 4.69) is 77.6 Å². The van der Waals surface area contributed by atoms with E-state index in [4.69, 9.17) is 9.72 Å². The van der Waals surface area contributed by atoms with Crippen molar-refractivity contribution < 1.29 is 9.53 Å². The highest BCUT2D eigenvalue weighted by Gasteiger charge is 2.29. The van der Waals surface area contributed by atoms with Gasteiger partial charge in [0.15, 0.2) is 0 Å². The Labute approximate surface area is 244 Å². The van der Waals surface area contributed by atoms with Gasteiger partial charge in [0, 0.05) is 44.6 Å². The van der Waals surface area contributed by atoms with E-state index in [-0.39, 0.29) is 12.1 Å². The Hall–Kier alpha value is -3.90. The van der Waals surface area contributed by atoms with E-state index >= 15 is 0 Å². The number of rotatable bonds is 12. The molecule has 0 spiro atoms. The van der Waals surface area contributed by atoms with Crippen LogP contribution in [0.2, 0.25) is 0 Å². The summed E-state index contributed by atoms with van der Waals surface area (Å²) in [5.74, 6) is 1.54. The lowest BCUT2D eigenvalue weighted by Crippen LogP contribution is -2.47. The lowest BCUT2D eigenvalue weighted by Gasteiger charge is -2.38. The van der Waals surface area contributed by atoms with Crippen molar-refractivity contribution >= 4 is 17.1 Å². The number of benzene rings is 3. The monoisotopic (exact) mass is 550 g/mol. The molecule has 1 atom stereocenters. The topological polar surface area (TPSA) is 50.6 Å². The maximum Gasteiger partial charge on any atom is 0.410 e. The Morgan fingerprint density at radius 1 is 1.02 bits per heavy atom. The molecule has 1 aliphatic heterocycles. The maximum absolute atomic E-state index is 13.0. The van der Waals surface area contributed by atoms with Gasteiger partial charge in [-0.3, -0.25) is 0 Å². The van der Waals surface area contributed by atoms with Gasteiger partial charge in [-0.15, -0.1) is 6.58 Å². The number of ether oxygens (including phenoxy) is 1. The van der Waals surface area contributed by atoms with E-state index in [0.29, 0.717) is 19.1 Å². The molecule has 0 radical (unpaired) electrons. The molecule has 0 N–H and O–H groups in total. The average Bonchev–Trinajstić information content (AvgIpc) is 3.39. The molecule has 1 aromatic heterocycles. The van der Waals surface area contributed by atoms with Crippen LogP contribution in [0.3, 0.4) is 0 Å². The van der Waals surface area contributed by atoms with Crippen molar-refractivity contribution in [1.82, 2.24) is 19.4 Å². The van der Waals surface area contributed by atoms with E-state index in [1.54, 1.807) is 6.08 Å². The van der Waals surface area contributed by atoms with Crippen LogP contribution in [0.25, 0.3) is 11.0 Å². The van der Waals surface area contributed by atoms with Crippen LogP contribution in [0, 0.1) is 0 Å². The highest BCUT2D eigenvalue weighted by atomic mass is 16.6. The van der Waals surface area contributed by atoms with Gasteiger partial charge in [-0.2, -0.15) is 0 Å². The molecule has 1 saturated heterocycles. The number of likely N-dealkylation sites (tertiary alicyclic amines) is 1. The number of aryl methyl sites for hydroxylation is 1. The third-order valence-electron chi connectivity index (χ3n) is 8.28. The Kier molecular flexibility index (Phi) is 9.87. The number of nitrogens with zero attached hydrogens (tertiary/aromatic N) is 4. The lowest BCUT2D eigenvalue weighted by molar-refractivity contribution is 0.0654. The number of hydrogen-bond acceptors (Lipinski definition) is 4. The number of amides is 1. The highest BCUT2D eigenvalue weighted by molar-refractivity contribution is 5.76. The quantitative estimate of drug-likeness (QED) is 0.177. The number of fused-ring (bicyclic) bond motifs is 1. The molecule has 5 rings (SSSR count). The minimum Gasteiger partial charge on any atom is -0.445 e. The van der Waals surface area contributed by atoms with Gasteiger partial charge in [0.2, 0.25) is 0 Å². The van der Waals surface area contributed by atoms with Gasteiger partial charge < -0.3 is 19.1 Å². The lowest BCUT2D eigenvalue weighted by atomic mass is 9.94. The van der Waals surface area contributed by atoms with E-state index in [1.807, 2.05) is 35.2 Å². The smallest absolute Gasteiger partial charge is 0.410 e. The number of aromatic nitrogens is 2. The number of hydrogen-bond donors (Lipinski definition) is 0. The van der Waals surface area contributed by atoms with Crippen molar-refractivity contribution in [2.24, 2.45) is 0 Å². The molecular formula is C35H42N4O2. The predicted molar refractivity (Wildman–Crippen MR) is 166 cm³/mol. The van der Waals surface area contributed by atoms with Crippen molar-refractivity contribution in [3.8, 4) is 0 Å². The zero-order valence-corrected chi connectivity index (χ0v) is 24.2. The predicted octanol–water partition coefficient (Wildman–Crippen LogP) is 7.06. The Balaban J connectivity index is 1.20. The summed E-state index contributed by atoms with van der Waals surface area (Å²) in [7, 11) is 0. The molecule has 3 aromatic carbocycles. The molecule has 214 valence electrons. The number of para-hydroxylation sites is 2. The average molecular weight is 551 g/mol. The Morgan fingerprint density at radius 3 is 2.41 bits per heavy atom. The van der Waals surface area contributed by atoms with Gasteiger partial charge in [-0.05, 0) is 49.1 Å². The largest absolute Gasteiger partial charge is 0.445 e. The molecule has 0 saturated carbocycles. The van der Waals surface area contributed by atoms with E-state index in [1.165, 1.54) is 11.1 Å². The van der Waals surface area contributed by atoms with Crippen molar-refractivity contribution in [1.29, 1.82) is 0 Å². The van der Waals surface area contributed by atoms with Crippen LogP contribution in [-0.2, 0) is 24.3 Å². The van der Waals surface area contributed by atoms with Gasteiger partial charge in [0.25, 0.3) is 0 Å². The van der Waals surface area contributed by atoms with Crippen LogP contribution in [0.5, 0.6) is 0 Å². The molecule has 41 heavy (non-hydrogen) atoms. The normalized spacial score (nSPS) is 15.0. The van der Waals surface area contributed by atoms with Gasteiger partial charge >= 0.3 is 6.09 Å². The van der Waals surface area contributed by atoms with Gasteiger partial charge in [-0.1, -0.05) is 85.8 Å². The minimum absolute atomic E-state index is 0.168. The number of piperidine rings is 1. The molecule has 1 unspecified atom stereocenters. The summed E-state index contributed by atoms with van der Waals surface area (Å²) in [6.45, 7) is 10.8. The molecule has 6 heteroatoms. The number of carbonyl (C=O) groups is 1. The van der Waals surface area contributed by atoms with Gasteiger partial charge in [-0.25, -0.2) is 9.78 Å². The molecule has 0 bridgehead atoms. The van der Waals surface area contributed by atoms with Crippen molar-refractivity contribution in [2.75, 3.05) is 26.2 Å². The maximum atomic E-state index is 13.0. The van der Waals surface area contributed by atoms with Gasteiger partial charge in [0.05, 0.1) is 11.0 Å². The summed E-state index contributed by atoms with van der Waals surface area (Å²) in [4.78, 5) is 22.3. The second-order valence-corrected chi connectivity index (χ2v) is 10.9. The van der Waals surface area contributed by atoms with Crippen molar-refractivity contribution in [3.63, 3.8) is 0 Å². The summed E-state index contributed by atoms with van der Waals surface area (Å²) in [5, 5.41) is 0. The first-order valence-corrected chi connectivity index (χ1v) is 15.0. The Morgan fingerprint density at radius 2 is 1.71 bits per heavy atom. The fourth-order valence-corrected chi connectivity index (χ4v) is 6.01. The standard InChI is InChI=1S/C35H42N4O2/c1-3-22-38(35(40)41-27-28-13-7-5-8-14-28)31-20-24-37(25-21-31)23-19-30(29-15-9-6-10-16-29)26-39-33-18-12-11-17-32(33)36-34(39)4-2/h3,5-18,30-31H,1,4,19-27H2,2H3. The summed E-state index contributed by atoms with van der Waals surface area (Å²) in [6.07, 6.45) is 5.41. The Bertz CT molecular complexity index is 1390. The highest BCUT2D eigenvalue weighted by Crippen LogP contribution is 2.27. The third-order valence-corrected chi connectivity index (χ3v) is 8.28. The molecule has 0 aliphatic carbocycles. The number of imidazole rings is 1. The molecular weight excluding hydrogens is 508 g/mol.